The number of aliphatic hydroxyl groups excluding tert-OH is 3. The van der Waals surface area contributed by atoms with Gasteiger partial charge in [0.2, 0.25) is 5.91 Å². The summed E-state index contributed by atoms with van der Waals surface area (Å²) in [5, 5.41) is 63.3. The van der Waals surface area contributed by atoms with Crippen LogP contribution in [0.3, 0.4) is 0 Å². The average Bonchev–Trinajstić information content (AvgIpc) is 0.985. The second-order valence-electron chi connectivity index (χ2n) is 27.4. The van der Waals surface area contributed by atoms with Gasteiger partial charge in [-0.1, -0.05) is 60.2 Å². The van der Waals surface area contributed by atoms with Crippen LogP contribution in [0.25, 0.3) is 27.4 Å². The Kier molecular flexibility index (Phi) is 20.9. The number of amides is 5. The summed E-state index contributed by atoms with van der Waals surface area (Å²) in [6, 6.07) is 22.2. The van der Waals surface area contributed by atoms with Crippen LogP contribution in [0.15, 0.2) is 97.2 Å². The van der Waals surface area contributed by atoms with Crippen molar-refractivity contribution in [3.05, 3.63) is 142 Å². The van der Waals surface area contributed by atoms with E-state index in [-0.39, 0.29) is 104 Å². The van der Waals surface area contributed by atoms with Crippen LogP contribution < -0.4 is 10.6 Å². The number of anilines is 2. The number of nitrogens with one attached hydrogen (secondary N) is 2. The number of unbranched alkanes of at least 4 members (excludes halogenated alkanes) is 2. The summed E-state index contributed by atoms with van der Waals surface area (Å²) < 4.78 is 21.0. The number of carboxylic acids is 2. The second-order valence-corrected chi connectivity index (χ2v) is 28.4. The zero-order valence-corrected chi connectivity index (χ0v) is 55.6. The number of likely N-dealkylation sites (N-methyl/N-ethyl adjacent to an activating group) is 1. The number of nitrogens with zero attached hydrogens (tertiary/aromatic N) is 6. The summed E-state index contributed by atoms with van der Waals surface area (Å²) in [6.45, 7) is 3.37. The number of aromatic carboxylic acids is 1. The predicted molar refractivity (Wildman–Crippen MR) is 361 cm³/mol. The third kappa shape index (κ3) is 15.5. The number of hydrogen-bond donors (Lipinski definition) is 7. The quantitative estimate of drug-likeness (QED) is 0.0178. The summed E-state index contributed by atoms with van der Waals surface area (Å²) in [6.07, 6.45) is 8.59. The van der Waals surface area contributed by atoms with E-state index < -0.39 is 54.5 Å². The fraction of sp³-hybridized carbons (Fsp3) is 0.466. The number of fused-ring (bicyclic) bond motifs is 2. The molecule has 3 unspecified atom stereocenters. The van der Waals surface area contributed by atoms with Crippen molar-refractivity contribution >= 4 is 85.9 Å². The number of carboxylic acid groups (broad SMARTS) is 2. The van der Waals surface area contributed by atoms with E-state index in [4.69, 9.17) is 24.3 Å². The third-order valence-corrected chi connectivity index (χ3v) is 21.4. The Hall–Kier alpha value is -8.85. The van der Waals surface area contributed by atoms with E-state index >= 15 is 0 Å². The first-order valence-corrected chi connectivity index (χ1v) is 34.6. The van der Waals surface area contributed by atoms with Gasteiger partial charge in [-0.25, -0.2) is 24.4 Å². The Bertz CT molecular complexity index is 4060. The molecule has 0 radical (unpaired) electrons. The molecule has 98 heavy (non-hydrogen) atoms. The maximum atomic E-state index is 13.8. The van der Waals surface area contributed by atoms with Crippen molar-refractivity contribution in [2.24, 2.45) is 17.3 Å². The van der Waals surface area contributed by atoms with Gasteiger partial charge in [0, 0.05) is 104 Å². The van der Waals surface area contributed by atoms with Crippen LogP contribution >= 0.6 is 11.3 Å². The molecule has 8 atom stereocenters. The lowest BCUT2D eigenvalue weighted by Crippen LogP contribution is -2.60. The fourth-order valence-electron chi connectivity index (χ4n) is 16.0. The van der Waals surface area contributed by atoms with Gasteiger partial charge in [0.1, 0.15) is 30.7 Å². The predicted octanol–water partition coefficient (Wildman–Crippen LogP) is 8.86. The second kappa shape index (κ2) is 29.7. The molecule has 3 aromatic carbocycles. The number of para-hydroxylation sites is 1. The number of pyridine rings is 1. The Balaban J connectivity index is 0.630. The first-order valence-electron chi connectivity index (χ1n) is 33.7. The minimum Gasteiger partial charge on any atom is -0.479 e. The maximum absolute atomic E-state index is 13.8. The van der Waals surface area contributed by atoms with Crippen molar-refractivity contribution in [3.63, 3.8) is 0 Å². The number of carbonyl (C=O) groups is 8. The molecule has 24 nitrogen and oxygen atoms in total. The highest BCUT2D eigenvalue weighted by Gasteiger charge is 2.59. The lowest BCUT2D eigenvalue weighted by atomic mass is 9.48. The molecule has 4 bridgehead atoms. The molecule has 1 saturated heterocycles. The molecule has 5 heterocycles. The molecule has 516 valence electrons. The van der Waals surface area contributed by atoms with Crippen LogP contribution in [-0.2, 0) is 64.0 Å². The molecule has 0 spiro atoms. The van der Waals surface area contributed by atoms with Gasteiger partial charge >= 0.3 is 18.0 Å². The van der Waals surface area contributed by atoms with Crippen molar-refractivity contribution in [1.82, 2.24) is 29.5 Å². The highest BCUT2D eigenvalue weighted by atomic mass is 32.1. The Morgan fingerprint density at radius 1 is 0.837 bits per heavy atom. The number of thiazole rings is 1. The molecule has 25 heteroatoms. The number of imide groups is 1. The molecule has 3 aromatic heterocycles. The number of ether oxygens (including phenoxy) is 3. The van der Waals surface area contributed by atoms with E-state index in [1.165, 1.54) is 28.4 Å². The highest BCUT2D eigenvalue weighted by Crippen LogP contribution is 2.63. The van der Waals surface area contributed by atoms with Gasteiger partial charge in [0.15, 0.2) is 16.9 Å². The van der Waals surface area contributed by atoms with Gasteiger partial charge in [-0.2, -0.15) is 5.10 Å². The van der Waals surface area contributed by atoms with Crippen LogP contribution in [0.1, 0.15) is 150 Å². The number of hydrogen-bond acceptors (Lipinski definition) is 18. The number of carbonyl (C=O) groups excluding carboxylic acids is 6. The van der Waals surface area contributed by atoms with Crippen LogP contribution in [-0.4, -0.2) is 172 Å². The number of Topliss-reactive ketones (excluding diaryl/α,β-unsaturated/α-hetero) is 1. The van der Waals surface area contributed by atoms with Gasteiger partial charge in [0.25, 0.3) is 17.7 Å². The van der Waals surface area contributed by atoms with Crippen LogP contribution in [0.5, 0.6) is 0 Å². The van der Waals surface area contributed by atoms with Crippen LogP contribution in [0.4, 0.5) is 15.6 Å². The number of rotatable bonds is 28. The fourth-order valence-corrected chi connectivity index (χ4v) is 16.8. The standard InChI is InChI=1S/C73H82N8O16S/c1-42-53(50-23-24-54(76-62(50)68(90)91)47-22-21-46-12-8-15-51(52(46)33-47)67(89)78-70-77-55-16-5-6-17-58(55)98-70)39-74-81(42)41-72-35-44-31-45(36-72)38-73(37-44,40-72)96-30-28-79(2)71(94)95-29-10-11-43-19-20-48(34-57-63(86)64(87)65(88)66(97-57)69(92)93)56(32-43)75-59(83)18-9-14-49(82)13-4-3-7-27-80-60(84)25-26-61(80)85/h5-6,8,10-12,15-17,19-20,23-26,32,39,44-45,47,57,63-66,86-88H,3-4,7,9,13-14,18,21-22,27-31,33-38,40-41H2,1-2H3,(H,75,83)(H,90,91)(H,92,93)(H,77,78,89)/b11-10+/t44?,45?,47?,57-,63-,64+,65-,66-,72?,73?/m0/s1. The number of benzene rings is 3. The smallest absolute Gasteiger partial charge is 0.409 e. The number of aliphatic hydroxyl groups is 3. The van der Waals surface area contributed by atoms with Crippen molar-refractivity contribution in [3.8, 4) is 11.1 Å². The third-order valence-electron chi connectivity index (χ3n) is 20.4. The largest absolute Gasteiger partial charge is 0.479 e. The first-order chi connectivity index (χ1) is 47.1. The molecular formula is C73H82N8O16S. The van der Waals surface area contributed by atoms with Crippen molar-refractivity contribution in [2.45, 2.75) is 165 Å². The SMILES string of the molecule is Cc1c(-c2ccc(C3CCc4cccc(C(=O)Nc5nc6ccccc6s5)c4C3)nc2C(=O)O)cnn1CC12CC3CC(C1)CC(OCCN(C)C(=O)OC/C=C/c1ccc(C[C@@H]4O[C@H](C(=O)O)[C@@H](O)[C@H](O)[C@H]4O)c(NC(=O)CCCC(=O)CCCCCN4C(=O)C=CC4=O)c1)(C3)C2. The summed E-state index contributed by atoms with van der Waals surface area (Å²) >= 11 is 1.42. The average molecular weight is 1360 g/mol. The number of ketones is 1. The van der Waals surface area contributed by atoms with Crippen molar-refractivity contribution in [2.75, 3.05) is 44.0 Å². The molecule has 6 aromatic rings. The topological polar surface area (TPSA) is 340 Å². The number of aromatic nitrogens is 4. The van der Waals surface area contributed by atoms with E-state index in [0.717, 1.165) is 76.9 Å². The number of aryl methyl sites for hydroxylation is 1. The van der Waals surface area contributed by atoms with Crippen molar-refractivity contribution in [1.29, 1.82) is 0 Å². The molecule has 5 fully saturated rings. The molecule has 7 aliphatic rings. The zero-order valence-electron chi connectivity index (χ0n) is 54.8. The van der Waals surface area contributed by atoms with E-state index in [0.29, 0.717) is 95.7 Å². The minimum atomic E-state index is -1.89. The van der Waals surface area contributed by atoms with Gasteiger partial charge in [-0.05, 0) is 166 Å². The van der Waals surface area contributed by atoms with E-state index in [2.05, 4.69) is 15.6 Å². The van der Waals surface area contributed by atoms with Crippen molar-refractivity contribution < 1.29 is 78.1 Å². The Morgan fingerprint density at radius 3 is 2.38 bits per heavy atom. The van der Waals surface area contributed by atoms with Gasteiger partial charge in [0.05, 0.1) is 34.7 Å². The van der Waals surface area contributed by atoms with E-state index in [1.54, 1.807) is 43.6 Å². The molecule has 5 aliphatic carbocycles. The first kappa shape index (κ1) is 69.1. The monoisotopic (exact) mass is 1360 g/mol. The highest BCUT2D eigenvalue weighted by molar-refractivity contribution is 7.22. The Labute approximate surface area is 570 Å². The summed E-state index contributed by atoms with van der Waals surface area (Å²) in [5.74, 6) is -3.25. The normalized spacial score (nSPS) is 24.7. The summed E-state index contributed by atoms with van der Waals surface area (Å²) in [7, 11) is 1.65. The lowest BCUT2D eigenvalue weighted by Gasteiger charge is -2.61. The van der Waals surface area contributed by atoms with Gasteiger partial charge < -0.3 is 50.0 Å². The molecule has 13 rings (SSSR count). The number of aliphatic carboxylic acids is 1. The molecular weight excluding hydrogens is 1280 g/mol. The minimum absolute atomic E-state index is 0.0222. The summed E-state index contributed by atoms with van der Waals surface area (Å²) in [4.78, 5) is 114. The van der Waals surface area contributed by atoms with Gasteiger partial charge in [-0.3, -0.25) is 38.9 Å². The Morgan fingerprint density at radius 2 is 1.61 bits per heavy atom. The van der Waals surface area contributed by atoms with Gasteiger partial charge in [-0.15, -0.1) is 0 Å². The molecule has 7 N–H and O–H groups in total. The van der Waals surface area contributed by atoms with Crippen LogP contribution in [0, 0.1) is 24.2 Å². The lowest BCUT2D eigenvalue weighted by molar-refractivity contribution is -0.227. The molecule has 2 aliphatic heterocycles. The van der Waals surface area contributed by atoms with E-state index in [1.807, 2.05) is 66.2 Å². The summed E-state index contributed by atoms with van der Waals surface area (Å²) in [5.41, 5.74) is 6.87. The molecule has 5 amide bonds. The van der Waals surface area contributed by atoms with Crippen LogP contribution in [0.2, 0.25) is 0 Å². The zero-order chi connectivity index (χ0) is 69.0. The van der Waals surface area contributed by atoms with E-state index in [9.17, 15) is 63.9 Å². The maximum Gasteiger partial charge on any atom is 0.409 e. The molecule has 4 saturated carbocycles.